The Morgan fingerprint density at radius 2 is 1.71 bits per heavy atom. The summed E-state index contributed by atoms with van der Waals surface area (Å²) in [6, 6.07) is 0. The molecule has 0 radical (unpaired) electrons. The zero-order chi connectivity index (χ0) is 20.8. The van der Waals surface area contributed by atoms with Gasteiger partial charge in [-0.3, -0.25) is 0 Å². The van der Waals surface area contributed by atoms with Crippen LogP contribution in [0, 0.1) is 20.8 Å². The smallest absolute Gasteiger partial charge is 0.186 e. The molecule has 0 spiro atoms. The Morgan fingerprint density at radius 1 is 1.04 bits per heavy atom. The quantitative estimate of drug-likeness (QED) is 0.487. The Bertz CT molecular complexity index is 734. The molecule has 5 N–H and O–H groups in total. The molecule has 8 nitrogen and oxygen atoms in total. The van der Waals surface area contributed by atoms with Crippen LogP contribution in [0.1, 0.15) is 35.6 Å². The minimum Gasteiger partial charge on any atom is -0.507 e. The van der Waals surface area contributed by atoms with E-state index >= 15 is 0 Å². The monoisotopic (exact) mass is 398 g/mol. The fourth-order valence-corrected chi connectivity index (χ4v) is 3.86. The van der Waals surface area contributed by atoms with Crippen LogP contribution >= 0.6 is 0 Å². The second-order valence-electron chi connectivity index (χ2n) is 8.09. The molecule has 6 atom stereocenters. The highest BCUT2D eigenvalue weighted by molar-refractivity contribution is 5.58. The Balaban J connectivity index is 1.74. The van der Waals surface area contributed by atoms with Crippen molar-refractivity contribution in [3.63, 3.8) is 0 Å². The van der Waals surface area contributed by atoms with Crippen molar-refractivity contribution >= 4 is 0 Å². The molecule has 0 bridgehead atoms. The fraction of sp³-hybridized carbons (Fsp3) is 0.700. The van der Waals surface area contributed by atoms with Gasteiger partial charge < -0.3 is 39.7 Å². The van der Waals surface area contributed by atoms with E-state index in [1.165, 1.54) is 0 Å². The number of aliphatic hydroxyl groups excluding tert-OH is 4. The third-order valence-corrected chi connectivity index (χ3v) is 5.99. The number of ether oxygens (including phenoxy) is 3. The molecule has 28 heavy (non-hydrogen) atoms. The highest BCUT2D eigenvalue weighted by Crippen LogP contribution is 2.43. The standard InChI is InChI=1S/C20H30O8/c1-9-10(2)18-12(11(3)14(9)22)5-6-20(4,28-18)8-26-19-17(25)16(24)15(23)13(7-21)27-19/h13,15-17,19,21-25H,5-8H2,1-4H3/t13-,15-,16+,17-,19-,20-/m1/s1. The predicted octanol–water partition coefficient (Wildman–Crippen LogP) is 0.218. The molecule has 1 fully saturated rings. The molecule has 2 aliphatic rings. The lowest BCUT2D eigenvalue weighted by atomic mass is 9.87. The van der Waals surface area contributed by atoms with Gasteiger partial charge in [0.25, 0.3) is 0 Å². The minimum absolute atomic E-state index is 0.0769. The molecule has 3 rings (SSSR count). The van der Waals surface area contributed by atoms with E-state index in [1.807, 2.05) is 27.7 Å². The summed E-state index contributed by atoms with van der Waals surface area (Å²) in [6.45, 7) is 7.07. The first-order valence-corrected chi connectivity index (χ1v) is 9.52. The van der Waals surface area contributed by atoms with Crippen LogP contribution < -0.4 is 4.74 Å². The topological polar surface area (TPSA) is 129 Å². The molecule has 1 aromatic carbocycles. The number of phenols is 1. The van der Waals surface area contributed by atoms with E-state index in [9.17, 15) is 25.5 Å². The Hall–Kier alpha value is -1.42. The van der Waals surface area contributed by atoms with Gasteiger partial charge in [-0.2, -0.15) is 0 Å². The van der Waals surface area contributed by atoms with Crippen LogP contribution in [0.15, 0.2) is 0 Å². The summed E-state index contributed by atoms with van der Waals surface area (Å²) in [5.74, 6) is 1.03. The van der Waals surface area contributed by atoms with Crippen molar-refractivity contribution in [2.24, 2.45) is 0 Å². The molecule has 2 aliphatic heterocycles. The summed E-state index contributed by atoms with van der Waals surface area (Å²) in [7, 11) is 0. The maximum atomic E-state index is 10.3. The number of fused-ring (bicyclic) bond motifs is 1. The van der Waals surface area contributed by atoms with Gasteiger partial charge in [0.2, 0.25) is 0 Å². The van der Waals surface area contributed by atoms with Crippen LogP contribution in [0.4, 0.5) is 0 Å². The van der Waals surface area contributed by atoms with E-state index < -0.39 is 42.9 Å². The highest BCUT2D eigenvalue weighted by Gasteiger charge is 2.45. The third kappa shape index (κ3) is 3.60. The molecule has 2 heterocycles. The molecule has 0 aromatic heterocycles. The first kappa shape index (κ1) is 21.3. The maximum absolute atomic E-state index is 10.3. The van der Waals surface area contributed by atoms with Gasteiger partial charge in [-0.25, -0.2) is 0 Å². The Labute approximate surface area is 164 Å². The van der Waals surface area contributed by atoms with Gasteiger partial charge in [0.15, 0.2) is 6.29 Å². The van der Waals surface area contributed by atoms with Crippen LogP contribution in [0.25, 0.3) is 0 Å². The van der Waals surface area contributed by atoms with E-state index in [4.69, 9.17) is 14.2 Å². The second-order valence-corrected chi connectivity index (χ2v) is 8.09. The summed E-state index contributed by atoms with van der Waals surface area (Å²) in [5, 5.41) is 49.5. The average molecular weight is 398 g/mol. The van der Waals surface area contributed by atoms with E-state index in [0.717, 1.165) is 28.0 Å². The summed E-state index contributed by atoms with van der Waals surface area (Å²) < 4.78 is 17.4. The van der Waals surface area contributed by atoms with Crippen molar-refractivity contribution in [1.29, 1.82) is 0 Å². The SMILES string of the molecule is Cc1c(C)c2c(c(C)c1O)CC[C@](C)(CO[C@@H]1O[C@H](CO)[C@@H](O)[C@H](O)[C@H]1O)O2. The van der Waals surface area contributed by atoms with Crippen LogP contribution in [-0.4, -0.2) is 75.1 Å². The average Bonchev–Trinajstić information content (AvgIpc) is 2.68. The molecule has 0 aliphatic carbocycles. The van der Waals surface area contributed by atoms with Crippen molar-refractivity contribution < 1.29 is 39.7 Å². The largest absolute Gasteiger partial charge is 0.507 e. The van der Waals surface area contributed by atoms with Crippen LogP contribution in [0.3, 0.4) is 0 Å². The molecule has 1 saturated heterocycles. The first-order valence-electron chi connectivity index (χ1n) is 9.52. The van der Waals surface area contributed by atoms with E-state index in [1.54, 1.807) is 0 Å². The lowest BCUT2D eigenvalue weighted by Gasteiger charge is -2.42. The van der Waals surface area contributed by atoms with Crippen molar-refractivity contribution in [1.82, 2.24) is 0 Å². The van der Waals surface area contributed by atoms with Crippen molar-refractivity contribution in [2.75, 3.05) is 13.2 Å². The number of phenolic OH excluding ortho intramolecular Hbond substituents is 1. The van der Waals surface area contributed by atoms with Gasteiger partial charge in [0, 0.05) is 5.56 Å². The molecule has 158 valence electrons. The van der Waals surface area contributed by atoms with E-state index in [-0.39, 0.29) is 6.61 Å². The number of rotatable bonds is 4. The van der Waals surface area contributed by atoms with Gasteiger partial charge in [0.1, 0.15) is 41.5 Å². The minimum atomic E-state index is -1.48. The van der Waals surface area contributed by atoms with Crippen molar-refractivity contribution in [3.05, 3.63) is 22.3 Å². The lowest BCUT2D eigenvalue weighted by Crippen LogP contribution is -2.60. The van der Waals surface area contributed by atoms with Crippen molar-refractivity contribution in [3.8, 4) is 11.5 Å². The summed E-state index contributed by atoms with van der Waals surface area (Å²) >= 11 is 0. The maximum Gasteiger partial charge on any atom is 0.186 e. The van der Waals surface area contributed by atoms with Gasteiger partial charge in [-0.05, 0) is 57.2 Å². The summed E-state index contributed by atoms with van der Waals surface area (Å²) in [6.07, 6.45) is -5.23. The molecule has 0 unspecified atom stereocenters. The molecular weight excluding hydrogens is 368 g/mol. The van der Waals surface area contributed by atoms with Crippen LogP contribution in [0.5, 0.6) is 11.5 Å². The molecule has 1 aromatic rings. The van der Waals surface area contributed by atoms with Gasteiger partial charge in [-0.1, -0.05) is 0 Å². The molecular formula is C20H30O8. The molecule has 0 saturated carbocycles. The second kappa shape index (κ2) is 7.78. The zero-order valence-corrected chi connectivity index (χ0v) is 16.7. The van der Waals surface area contributed by atoms with Crippen LogP contribution in [-0.2, 0) is 15.9 Å². The summed E-state index contributed by atoms with van der Waals surface area (Å²) in [5.41, 5.74) is 2.74. The number of benzene rings is 1. The lowest BCUT2D eigenvalue weighted by molar-refractivity contribution is -0.307. The van der Waals surface area contributed by atoms with E-state index in [0.29, 0.717) is 18.6 Å². The third-order valence-electron chi connectivity index (χ3n) is 5.99. The zero-order valence-electron chi connectivity index (χ0n) is 16.7. The first-order chi connectivity index (χ1) is 13.1. The Morgan fingerprint density at radius 3 is 2.36 bits per heavy atom. The summed E-state index contributed by atoms with van der Waals surface area (Å²) in [4.78, 5) is 0. The Kier molecular flexibility index (Phi) is 5.91. The van der Waals surface area contributed by atoms with E-state index in [2.05, 4.69) is 0 Å². The van der Waals surface area contributed by atoms with Crippen LogP contribution in [0.2, 0.25) is 0 Å². The highest BCUT2D eigenvalue weighted by atomic mass is 16.7. The fourth-order valence-electron chi connectivity index (χ4n) is 3.86. The normalized spacial score (nSPS) is 35.4. The molecule has 0 amide bonds. The van der Waals surface area contributed by atoms with Gasteiger partial charge in [-0.15, -0.1) is 0 Å². The predicted molar refractivity (Wildman–Crippen MR) is 99.4 cm³/mol. The van der Waals surface area contributed by atoms with Crippen molar-refractivity contribution in [2.45, 2.75) is 76.8 Å². The molecule has 8 heteroatoms. The number of hydrogen-bond donors (Lipinski definition) is 5. The number of aromatic hydroxyl groups is 1. The number of hydrogen-bond acceptors (Lipinski definition) is 8. The van der Waals surface area contributed by atoms with Gasteiger partial charge >= 0.3 is 0 Å². The van der Waals surface area contributed by atoms with Gasteiger partial charge in [0.05, 0.1) is 13.2 Å². The number of aliphatic hydroxyl groups is 4.